The van der Waals surface area contributed by atoms with Crippen molar-refractivity contribution in [2.45, 2.75) is 19.8 Å². The van der Waals surface area contributed by atoms with Gasteiger partial charge in [0.25, 0.3) is 0 Å². The van der Waals surface area contributed by atoms with Gasteiger partial charge in [0.05, 0.1) is 18.9 Å². The van der Waals surface area contributed by atoms with Crippen molar-refractivity contribution >= 4 is 22.4 Å². The van der Waals surface area contributed by atoms with E-state index in [0.29, 0.717) is 11.7 Å². The predicted molar refractivity (Wildman–Crippen MR) is 106 cm³/mol. The zero-order valence-electron chi connectivity index (χ0n) is 15.6. The number of morpholine rings is 1. The maximum atomic E-state index is 11.9. The molecule has 27 heavy (non-hydrogen) atoms. The first-order valence-corrected chi connectivity index (χ1v) is 10.3. The summed E-state index contributed by atoms with van der Waals surface area (Å²) in [4.78, 5) is 20.0. The first-order valence-electron chi connectivity index (χ1n) is 9.50. The topological polar surface area (TPSA) is 63.7 Å². The molecule has 1 aliphatic carbocycles. The Morgan fingerprint density at radius 3 is 2.74 bits per heavy atom. The molecule has 1 aromatic carbocycles. The molecule has 0 spiro atoms. The first-order chi connectivity index (χ1) is 13.2. The van der Waals surface area contributed by atoms with Crippen molar-refractivity contribution in [2.24, 2.45) is 5.92 Å². The van der Waals surface area contributed by atoms with Gasteiger partial charge in [0.1, 0.15) is 12.4 Å². The van der Waals surface area contributed by atoms with Crippen LogP contribution < -0.4 is 10.1 Å². The summed E-state index contributed by atoms with van der Waals surface area (Å²) in [5, 5.41) is 3.62. The van der Waals surface area contributed by atoms with Crippen LogP contribution in [0.5, 0.6) is 5.75 Å². The van der Waals surface area contributed by atoms with E-state index in [9.17, 15) is 4.79 Å². The number of ether oxygens (including phenoxy) is 2. The Balaban J connectivity index is 1.32. The van der Waals surface area contributed by atoms with Crippen LogP contribution in [0.15, 0.2) is 24.3 Å². The molecule has 2 fully saturated rings. The van der Waals surface area contributed by atoms with E-state index in [1.165, 1.54) is 11.3 Å². The lowest BCUT2D eigenvalue weighted by atomic mass is 10.1. The Morgan fingerprint density at radius 2 is 2.04 bits per heavy atom. The van der Waals surface area contributed by atoms with Gasteiger partial charge in [-0.1, -0.05) is 0 Å². The van der Waals surface area contributed by atoms with Crippen molar-refractivity contribution < 1.29 is 14.3 Å². The fraction of sp³-hybridized carbons (Fsp3) is 0.500. The van der Waals surface area contributed by atoms with Crippen LogP contribution in [0.1, 0.15) is 17.7 Å². The number of rotatable bonds is 7. The zero-order valence-corrected chi connectivity index (χ0v) is 16.4. The van der Waals surface area contributed by atoms with E-state index in [0.717, 1.165) is 67.6 Å². The van der Waals surface area contributed by atoms with Crippen LogP contribution in [-0.4, -0.2) is 55.2 Å². The Kier molecular flexibility index (Phi) is 5.71. The molecule has 0 unspecified atom stereocenters. The molecular weight excluding hydrogens is 362 g/mol. The molecule has 1 saturated carbocycles. The van der Waals surface area contributed by atoms with Gasteiger partial charge in [0.2, 0.25) is 5.91 Å². The molecule has 144 valence electrons. The lowest BCUT2D eigenvalue weighted by Crippen LogP contribution is -2.38. The second-order valence-electron chi connectivity index (χ2n) is 7.01. The number of aryl methyl sites for hydroxylation is 1. The summed E-state index contributed by atoms with van der Waals surface area (Å²) in [6.45, 7) is 7.20. The number of carbonyl (C=O) groups is 1. The van der Waals surface area contributed by atoms with E-state index >= 15 is 0 Å². The summed E-state index contributed by atoms with van der Waals surface area (Å²) in [5.41, 5.74) is 1.96. The van der Waals surface area contributed by atoms with Gasteiger partial charge in [-0.15, -0.1) is 11.3 Å². The summed E-state index contributed by atoms with van der Waals surface area (Å²) in [7, 11) is 0. The highest BCUT2D eigenvalue weighted by Gasteiger charge is 2.30. The Morgan fingerprint density at radius 1 is 1.30 bits per heavy atom. The smallest absolute Gasteiger partial charge is 0.229 e. The fourth-order valence-corrected chi connectivity index (χ4v) is 3.94. The number of nitrogens with zero attached hydrogens (tertiary/aromatic N) is 2. The average molecular weight is 388 g/mol. The van der Waals surface area contributed by atoms with Gasteiger partial charge >= 0.3 is 0 Å². The Labute approximate surface area is 163 Å². The van der Waals surface area contributed by atoms with Crippen LogP contribution in [0.4, 0.5) is 5.13 Å². The van der Waals surface area contributed by atoms with Gasteiger partial charge < -0.3 is 14.8 Å². The molecule has 4 rings (SSSR count). The Bertz CT molecular complexity index is 780. The van der Waals surface area contributed by atoms with Gasteiger partial charge in [0, 0.05) is 36.0 Å². The van der Waals surface area contributed by atoms with Crippen molar-refractivity contribution in [1.82, 2.24) is 9.88 Å². The van der Waals surface area contributed by atoms with E-state index in [1.807, 2.05) is 31.2 Å². The third-order valence-electron chi connectivity index (χ3n) is 4.88. The van der Waals surface area contributed by atoms with Crippen molar-refractivity contribution in [3.8, 4) is 17.0 Å². The average Bonchev–Trinajstić information content (AvgIpc) is 3.47. The van der Waals surface area contributed by atoms with Crippen molar-refractivity contribution in [3.63, 3.8) is 0 Å². The van der Waals surface area contributed by atoms with E-state index < -0.39 is 0 Å². The second-order valence-corrected chi connectivity index (χ2v) is 8.22. The molecule has 2 aromatic rings. The highest BCUT2D eigenvalue weighted by atomic mass is 32.1. The molecule has 7 heteroatoms. The van der Waals surface area contributed by atoms with Crippen molar-refractivity contribution in [2.75, 3.05) is 44.8 Å². The standard InChI is InChI=1S/C20H25N3O3S/c1-14-18(21-20(27-14)22-19(24)16-2-3-16)15-4-6-17(7-5-15)26-13-10-23-8-11-25-12-9-23/h4-7,16H,2-3,8-13H2,1H3,(H,21,22,24). The number of hydrogen-bond acceptors (Lipinski definition) is 6. The van der Waals surface area contributed by atoms with Crippen LogP contribution >= 0.6 is 11.3 Å². The van der Waals surface area contributed by atoms with E-state index in [-0.39, 0.29) is 11.8 Å². The lowest BCUT2D eigenvalue weighted by Gasteiger charge is -2.26. The monoisotopic (exact) mass is 387 g/mol. The van der Waals surface area contributed by atoms with Crippen LogP contribution in [0.25, 0.3) is 11.3 Å². The number of carbonyl (C=O) groups excluding carboxylic acids is 1. The summed E-state index contributed by atoms with van der Waals surface area (Å²) in [6.07, 6.45) is 1.99. The molecule has 1 aromatic heterocycles. The van der Waals surface area contributed by atoms with Crippen molar-refractivity contribution in [3.05, 3.63) is 29.1 Å². The molecule has 0 bridgehead atoms. The number of thiazole rings is 1. The number of benzene rings is 1. The minimum Gasteiger partial charge on any atom is -0.492 e. The van der Waals surface area contributed by atoms with Gasteiger partial charge in [-0.3, -0.25) is 9.69 Å². The minimum absolute atomic E-state index is 0.0966. The predicted octanol–water partition coefficient (Wildman–Crippen LogP) is 3.18. The SMILES string of the molecule is Cc1sc(NC(=O)C2CC2)nc1-c1ccc(OCCN2CCOCC2)cc1. The van der Waals surface area contributed by atoms with Crippen molar-refractivity contribution in [1.29, 1.82) is 0 Å². The second kappa shape index (κ2) is 8.37. The highest BCUT2D eigenvalue weighted by molar-refractivity contribution is 7.16. The molecule has 1 amide bonds. The third kappa shape index (κ3) is 4.86. The number of anilines is 1. The van der Waals surface area contributed by atoms with Gasteiger partial charge in [-0.2, -0.15) is 0 Å². The molecule has 0 atom stereocenters. The number of amides is 1. The van der Waals surface area contributed by atoms with Gasteiger partial charge in [0.15, 0.2) is 5.13 Å². The maximum Gasteiger partial charge on any atom is 0.229 e. The molecule has 1 N–H and O–H groups in total. The fourth-order valence-electron chi connectivity index (χ4n) is 3.10. The highest BCUT2D eigenvalue weighted by Crippen LogP contribution is 2.34. The van der Waals surface area contributed by atoms with Crippen LogP contribution in [-0.2, 0) is 9.53 Å². The molecule has 1 aliphatic heterocycles. The lowest BCUT2D eigenvalue weighted by molar-refractivity contribution is -0.117. The molecule has 2 heterocycles. The summed E-state index contributed by atoms with van der Waals surface area (Å²) >= 11 is 1.53. The van der Waals surface area contributed by atoms with E-state index in [2.05, 4.69) is 15.2 Å². The number of hydrogen-bond donors (Lipinski definition) is 1. The molecule has 0 radical (unpaired) electrons. The van der Waals surface area contributed by atoms with Gasteiger partial charge in [-0.25, -0.2) is 4.98 Å². The van der Waals surface area contributed by atoms with Gasteiger partial charge in [-0.05, 0) is 44.0 Å². The third-order valence-corrected chi connectivity index (χ3v) is 5.77. The summed E-state index contributed by atoms with van der Waals surface area (Å²) in [5.74, 6) is 1.15. The number of aromatic nitrogens is 1. The summed E-state index contributed by atoms with van der Waals surface area (Å²) in [6, 6.07) is 8.02. The van der Waals surface area contributed by atoms with Crippen LogP contribution in [0.2, 0.25) is 0 Å². The van der Waals surface area contributed by atoms with E-state index in [1.54, 1.807) is 0 Å². The Hall–Kier alpha value is -1.96. The largest absolute Gasteiger partial charge is 0.492 e. The van der Waals surface area contributed by atoms with Crippen LogP contribution in [0, 0.1) is 12.8 Å². The molecular formula is C20H25N3O3S. The maximum absolute atomic E-state index is 11.9. The normalized spacial score (nSPS) is 17.7. The van der Waals surface area contributed by atoms with Crippen LogP contribution in [0.3, 0.4) is 0 Å². The zero-order chi connectivity index (χ0) is 18.6. The molecule has 1 saturated heterocycles. The minimum atomic E-state index is 0.0966. The first kappa shape index (κ1) is 18.4. The summed E-state index contributed by atoms with van der Waals surface area (Å²) < 4.78 is 11.2. The molecule has 6 nitrogen and oxygen atoms in total. The van der Waals surface area contributed by atoms with E-state index in [4.69, 9.17) is 9.47 Å². The number of nitrogens with one attached hydrogen (secondary N) is 1. The molecule has 2 aliphatic rings. The quantitative estimate of drug-likeness (QED) is 0.791.